The smallest absolute Gasteiger partial charge is 0.239 e. The monoisotopic (exact) mass is 243 g/mol. The molecule has 5 nitrogen and oxygen atoms in total. The van der Waals surface area contributed by atoms with Gasteiger partial charge in [0.2, 0.25) is 5.91 Å². The Morgan fingerprint density at radius 3 is 2.35 bits per heavy atom. The fourth-order valence-electron chi connectivity index (χ4n) is 2.46. The van der Waals surface area contributed by atoms with Crippen LogP contribution in [0.3, 0.4) is 0 Å². The minimum absolute atomic E-state index is 0.0510. The molecule has 1 aliphatic rings. The molecule has 0 unspecified atom stereocenters. The van der Waals surface area contributed by atoms with Gasteiger partial charge < -0.3 is 15.4 Å². The number of hydrogen-bond donors (Lipinski definition) is 1. The third-order valence-electron chi connectivity index (χ3n) is 3.36. The topological polar surface area (TPSA) is 58.8 Å². The summed E-state index contributed by atoms with van der Waals surface area (Å²) in [6, 6.07) is 0.313. The van der Waals surface area contributed by atoms with Crippen molar-refractivity contribution in [2.75, 3.05) is 33.4 Å². The molecule has 1 heterocycles. The van der Waals surface area contributed by atoms with Crippen LogP contribution in [-0.4, -0.2) is 67.2 Å². The molecular formula is C12H25N3O2. The minimum atomic E-state index is -0.403. The molecule has 0 aromatic rings. The zero-order chi connectivity index (χ0) is 13.0. The van der Waals surface area contributed by atoms with Gasteiger partial charge in [-0.2, -0.15) is 0 Å². The van der Waals surface area contributed by atoms with Gasteiger partial charge in [-0.1, -0.05) is 0 Å². The van der Waals surface area contributed by atoms with E-state index in [0.717, 1.165) is 26.2 Å². The van der Waals surface area contributed by atoms with Gasteiger partial charge in [0.1, 0.15) is 0 Å². The average Bonchev–Trinajstić information content (AvgIpc) is 2.26. The molecule has 0 aliphatic carbocycles. The van der Waals surface area contributed by atoms with Crippen LogP contribution < -0.4 is 5.73 Å². The maximum Gasteiger partial charge on any atom is 0.239 e. The fourth-order valence-corrected chi connectivity index (χ4v) is 2.46. The average molecular weight is 243 g/mol. The van der Waals surface area contributed by atoms with Crippen LogP contribution in [0.1, 0.15) is 20.8 Å². The highest BCUT2D eigenvalue weighted by molar-refractivity contribution is 5.81. The van der Waals surface area contributed by atoms with Crippen LogP contribution in [0, 0.1) is 0 Å². The Bertz CT molecular complexity index is 246. The number of piperazine rings is 1. The van der Waals surface area contributed by atoms with Gasteiger partial charge >= 0.3 is 0 Å². The molecule has 1 amide bonds. The van der Waals surface area contributed by atoms with Gasteiger partial charge in [0, 0.05) is 38.8 Å². The lowest BCUT2D eigenvalue weighted by Crippen LogP contribution is -2.60. The highest BCUT2D eigenvalue weighted by atomic mass is 16.5. The van der Waals surface area contributed by atoms with Gasteiger partial charge in [0.25, 0.3) is 0 Å². The number of hydrogen-bond acceptors (Lipinski definition) is 4. The van der Waals surface area contributed by atoms with E-state index in [2.05, 4.69) is 18.7 Å². The Labute approximate surface area is 104 Å². The summed E-state index contributed by atoms with van der Waals surface area (Å²) in [7, 11) is 1.71. The van der Waals surface area contributed by atoms with Crippen LogP contribution in [0.2, 0.25) is 0 Å². The lowest BCUT2D eigenvalue weighted by atomic mass is 10.1. The van der Waals surface area contributed by atoms with Crippen molar-refractivity contribution in [3.05, 3.63) is 0 Å². The first-order valence-electron chi connectivity index (χ1n) is 6.26. The van der Waals surface area contributed by atoms with E-state index in [1.807, 2.05) is 4.90 Å². The van der Waals surface area contributed by atoms with Crippen molar-refractivity contribution in [2.45, 2.75) is 38.9 Å². The number of nitrogens with zero attached hydrogens (tertiary/aromatic N) is 2. The van der Waals surface area contributed by atoms with E-state index in [-0.39, 0.29) is 5.91 Å². The first-order chi connectivity index (χ1) is 7.97. The summed E-state index contributed by atoms with van der Waals surface area (Å²) < 4.78 is 5.11. The molecule has 1 saturated heterocycles. The number of carbonyl (C=O) groups excluding carboxylic acids is 1. The first kappa shape index (κ1) is 14.4. The van der Waals surface area contributed by atoms with Gasteiger partial charge in [-0.25, -0.2) is 0 Å². The van der Waals surface area contributed by atoms with E-state index >= 15 is 0 Å². The van der Waals surface area contributed by atoms with E-state index in [4.69, 9.17) is 10.5 Å². The molecule has 2 N–H and O–H groups in total. The lowest BCUT2D eigenvalue weighted by Gasteiger charge is -2.44. The van der Waals surface area contributed by atoms with E-state index in [1.54, 1.807) is 14.0 Å². The number of nitrogens with two attached hydrogens (primary N) is 1. The van der Waals surface area contributed by atoms with Gasteiger partial charge in [-0.3, -0.25) is 9.69 Å². The molecule has 0 radical (unpaired) electrons. The molecule has 0 aromatic carbocycles. The number of methoxy groups -OCH3 is 1. The predicted molar refractivity (Wildman–Crippen MR) is 67.7 cm³/mol. The Morgan fingerprint density at radius 1 is 1.41 bits per heavy atom. The molecule has 5 heteroatoms. The summed E-state index contributed by atoms with van der Waals surface area (Å²) in [6.07, 6.45) is 0. The highest BCUT2D eigenvalue weighted by Gasteiger charge is 2.32. The van der Waals surface area contributed by atoms with Gasteiger partial charge in [0.15, 0.2) is 0 Å². The van der Waals surface area contributed by atoms with Crippen molar-refractivity contribution in [2.24, 2.45) is 5.73 Å². The normalized spacial score (nSPS) is 28.2. The second-order valence-electron chi connectivity index (χ2n) is 4.96. The molecule has 1 fully saturated rings. The predicted octanol–water partition coefficient (Wildman–Crippen LogP) is -0.0988. The molecule has 0 aromatic heterocycles. The molecule has 17 heavy (non-hydrogen) atoms. The summed E-state index contributed by atoms with van der Waals surface area (Å²) in [6.45, 7) is 9.20. The molecule has 0 spiro atoms. The Morgan fingerprint density at radius 2 is 1.94 bits per heavy atom. The second kappa shape index (κ2) is 6.33. The first-order valence-corrected chi connectivity index (χ1v) is 6.26. The van der Waals surface area contributed by atoms with Gasteiger partial charge in [-0.15, -0.1) is 0 Å². The highest BCUT2D eigenvalue weighted by Crippen LogP contribution is 2.15. The van der Waals surface area contributed by atoms with Crippen LogP contribution in [0.4, 0.5) is 0 Å². The van der Waals surface area contributed by atoms with Crippen molar-refractivity contribution in [3.8, 4) is 0 Å². The maximum atomic E-state index is 11.9. The Kier molecular flexibility index (Phi) is 5.36. The largest absolute Gasteiger partial charge is 0.383 e. The van der Waals surface area contributed by atoms with Crippen LogP contribution in [0.25, 0.3) is 0 Å². The molecular weight excluding hydrogens is 218 g/mol. The molecule has 100 valence electrons. The maximum absolute atomic E-state index is 11.9. The van der Waals surface area contributed by atoms with Crippen molar-refractivity contribution in [3.63, 3.8) is 0 Å². The fraction of sp³-hybridized carbons (Fsp3) is 0.917. The third kappa shape index (κ3) is 3.66. The Hall–Kier alpha value is -0.650. The quantitative estimate of drug-likeness (QED) is 0.749. The molecule has 1 rings (SSSR count). The van der Waals surface area contributed by atoms with Crippen LogP contribution in [0.15, 0.2) is 0 Å². The number of amides is 1. The van der Waals surface area contributed by atoms with Crippen molar-refractivity contribution >= 4 is 5.91 Å². The van der Waals surface area contributed by atoms with Crippen LogP contribution in [0.5, 0.6) is 0 Å². The van der Waals surface area contributed by atoms with E-state index < -0.39 is 6.04 Å². The molecule has 3 atom stereocenters. The minimum Gasteiger partial charge on any atom is -0.383 e. The summed E-state index contributed by atoms with van der Waals surface area (Å²) in [4.78, 5) is 16.1. The van der Waals surface area contributed by atoms with Crippen molar-refractivity contribution in [1.29, 1.82) is 0 Å². The molecule has 1 aliphatic heterocycles. The number of carbonyl (C=O) groups is 1. The second-order valence-corrected chi connectivity index (χ2v) is 4.96. The standard InChI is InChI=1S/C12H25N3O2/c1-9-7-14(12(16)11(3)13)8-10(2)15(9)5-6-17-4/h9-11H,5-8,13H2,1-4H3/t9-,10-,11-/m1/s1. The SMILES string of the molecule is COCCN1[C@H](C)CN(C(=O)[C@@H](C)N)C[C@H]1C. The van der Waals surface area contributed by atoms with Crippen molar-refractivity contribution < 1.29 is 9.53 Å². The van der Waals surface area contributed by atoms with Crippen molar-refractivity contribution in [1.82, 2.24) is 9.80 Å². The van der Waals surface area contributed by atoms with Crippen LogP contribution >= 0.6 is 0 Å². The van der Waals surface area contributed by atoms with E-state index in [0.29, 0.717) is 12.1 Å². The molecule has 0 saturated carbocycles. The summed E-state index contributed by atoms with van der Waals surface area (Å²) in [5.41, 5.74) is 5.65. The van der Waals surface area contributed by atoms with E-state index in [9.17, 15) is 4.79 Å². The summed E-state index contributed by atoms with van der Waals surface area (Å²) in [5.74, 6) is 0.0510. The number of ether oxygens (including phenoxy) is 1. The summed E-state index contributed by atoms with van der Waals surface area (Å²) >= 11 is 0. The molecule has 0 bridgehead atoms. The van der Waals surface area contributed by atoms with Crippen LogP contribution in [-0.2, 0) is 9.53 Å². The summed E-state index contributed by atoms with van der Waals surface area (Å²) in [5, 5.41) is 0. The van der Waals surface area contributed by atoms with Gasteiger partial charge in [0.05, 0.1) is 12.6 Å². The number of rotatable bonds is 4. The van der Waals surface area contributed by atoms with Gasteiger partial charge in [-0.05, 0) is 20.8 Å². The third-order valence-corrected chi connectivity index (χ3v) is 3.36. The lowest BCUT2D eigenvalue weighted by molar-refractivity contribution is -0.136. The van der Waals surface area contributed by atoms with E-state index in [1.165, 1.54) is 0 Å². The zero-order valence-corrected chi connectivity index (χ0v) is 11.3. The Balaban J connectivity index is 2.57. The zero-order valence-electron chi connectivity index (χ0n) is 11.3.